The zero-order valence-corrected chi connectivity index (χ0v) is 16.4. The molecule has 140 valence electrons. The number of thiophene rings is 1. The molecule has 0 aliphatic carbocycles. The first-order valence-corrected chi connectivity index (χ1v) is 10.4. The Labute approximate surface area is 164 Å². The number of hydrogen-bond acceptors (Lipinski definition) is 4. The third kappa shape index (κ3) is 4.05. The van der Waals surface area contributed by atoms with Gasteiger partial charge in [-0.1, -0.05) is 36.4 Å². The smallest absolute Gasteiger partial charge is 0.251 e. The largest absolute Gasteiger partial charge is 0.350 e. The normalized spacial score (nSPS) is 17.1. The SMILES string of the molecule is CN1CCN([C@@H](CNC(=O)c2cccc3ccccc23)c2ccsc2)CC1. The molecule has 0 spiro atoms. The number of carbonyl (C=O) groups excluding carboxylic acids is 1. The minimum atomic E-state index is 0.00107. The summed E-state index contributed by atoms with van der Waals surface area (Å²) >= 11 is 1.72. The van der Waals surface area contributed by atoms with Crippen molar-refractivity contribution in [2.75, 3.05) is 39.8 Å². The van der Waals surface area contributed by atoms with Crippen LogP contribution in [0.15, 0.2) is 59.3 Å². The second kappa shape index (κ2) is 8.21. The Morgan fingerprint density at radius 2 is 1.85 bits per heavy atom. The molecule has 27 heavy (non-hydrogen) atoms. The molecular weight excluding hydrogens is 354 g/mol. The standard InChI is InChI=1S/C22H25N3OS/c1-24-10-12-25(13-11-24)21(18-9-14-27-16-18)15-23-22(26)20-8-4-6-17-5-2-3-7-19(17)20/h2-9,14,16,21H,10-13,15H2,1H3,(H,23,26)/t21-/m0/s1. The van der Waals surface area contributed by atoms with Crippen molar-refractivity contribution in [3.05, 3.63) is 70.4 Å². The molecule has 0 unspecified atom stereocenters. The van der Waals surface area contributed by atoms with E-state index in [1.165, 1.54) is 5.56 Å². The lowest BCUT2D eigenvalue weighted by Crippen LogP contribution is -2.48. The molecule has 1 fully saturated rings. The van der Waals surface area contributed by atoms with Crippen LogP contribution in [-0.4, -0.2) is 55.5 Å². The maximum absolute atomic E-state index is 12.9. The fraction of sp³-hybridized carbons (Fsp3) is 0.318. The molecular formula is C22H25N3OS. The van der Waals surface area contributed by atoms with Crippen LogP contribution in [0.3, 0.4) is 0 Å². The van der Waals surface area contributed by atoms with Crippen molar-refractivity contribution in [3.63, 3.8) is 0 Å². The molecule has 4 nitrogen and oxygen atoms in total. The second-order valence-corrected chi connectivity index (χ2v) is 7.93. The zero-order chi connectivity index (χ0) is 18.6. The first kappa shape index (κ1) is 18.2. The Morgan fingerprint density at radius 1 is 1.07 bits per heavy atom. The summed E-state index contributed by atoms with van der Waals surface area (Å²) in [4.78, 5) is 17.8. The molecule has 3 aromatic rings. The summed E-state index contributed by atoms with van der Waals surface area (Å²) in [6.07, 6.45) is 0. The lowest BCUT2D eigenvalue weighted by atomic mass is 10.0. The Balaban J connectivity index is 1.51. The summed E-state index contributed by atoms with van der Waals surface area (Å²) in [6, 6.07) is 16.4. The van der Waals surface area contributed by atoms with E-state index in [1.807, 2.05) is 42.5 Å². The van der Waals surface area contributed by atoms with Crippen LogP contribution < -0.4 is 5.32 Å². The molecule has 1 atom stereocenters. The number of carbonyl (C=O) groups is 1. The van der Waals surface area contributed by atoms with Crippen molar-refractivity contribution in [2.45, 2.75) is 6.04 Å². The van der Waals surface area contributed by atoms with Crippen LogP contribution in [-0.2, 0) is 0 Å². The number of nitrogens with zero attached hydrogens (tertiary/aromatic N) is 2. The first-order chi connectivity index (χ1) is 13.2. The Kier molecular flexibility index (Phi) is 5.53. The van der Waals surface area contributed by atoms with Crippen LogP contribution in [0, 0.1) is 0 Å². The van der Waals surface area contributed by atoms with Gasteiger partial charge in [0.25, 0.3) is 5.91 Å². The molecule has 2 heterocycles. The molecule has 0 radical (unpaired) electrons. The molecule has 1 amide bonds. The summed E-state index contributed by atoms with van der Waals surface area (Å²) < 4.78 is 0. The van der Waals surface area contributed by atoms with Gasteiger partial charge in [0.2, 0.25) is 0 Å². The topological polar surface area (TPSA) is 35.6 Å². The maximum atomic E-state index is 12.9. The Hall–Kier alpha value is -2.21. The van der Waals surface area contributed by atoms with Crippen molar-refractivity contribution in [1.29, 1.82) is 0 Å². The van der Waals surface area contributed by atoms with Crippen molar-refractivity contribution in [2.24, 2.45) is 0 Å². The van der Waals surface area contributed by atoms with Gasteiger partial charge in [-0.25, -0.2) is 0 Å². The number of likely N-dealkylation sites (N-methyl/N-ethyl adjacent to an activating group) is 1. The monoisotopic (exact) mass is 379 g/mol. The van der Waals surface area contributed by atoms with Gasteiger partial charge in [-0.05, 0) is 46.3 Å². The van der Waals surface area contributed by atoms with Crippen molar-refractivity contribution >= 4 is 28.0 Å². The van der Waals surface area contributed by atoms with Gasteiger partial charge < -0.3 is 10.2 Å². The van der Waals surface area contributed by atoms with E-state index in [2.05, 4.69) is 39.0 Å². The average Bonchev–Trinajstić information content (AvgIpc) is 3.23. The number of piperazine rings is 1. The molecule has 1 aliphatic rings. The fourth-order valence-corrected chi connectivity index (χ4v) is 4.47. The van der Waals surface area contributed by atoms with Crippen LogP contribution in [0.1, 0.15) is 22.0 Å². The molecule has 1 aliphatic heterocycles. The lowest BCUT2D eigenvalue weighted by molar-refractivity contribution is 0.0888. The number of fused-ring (bicyclic) bond motifs is 1. The van der Waals surface area contributed by atoms with Crippen LogP contribution in [0.4, 0.5) is 0 Å². The van der Waals surface area contributed by atoms with E-state index in [-0.39, 0.29) is 11.9 Å². The predicted octanol–water partition coefficient (Wildman–Crippen LogP) is 3.62. The molecule has 4 rings (SSSR count). The van der Waals surface area contributed by atoms with Gasteiger partial charge >= 0.3 is 0 Å². The summed E-state index contributed by atoms with van der Waals surface area (Å²) in [6.45, 7) is 4.82. The maximum Gasteiger partial charge on any atom is 0.251 e. The summed E-state index contributed by atoms with van der Waals surface area (Å²) in [7, 11) is 2.17. The predicted molar refractivity (Wildman–Crippen MR) is 112 cm³/mol. The number of hydrogen-bond donors (Lipinski definition) is 1. The van der Waals surface area contributed by atoms with E-state index in [1.54, 1.807) is 11.3 Å². The van der Waals surface area contributed by atoms with Crippen LogP contribution in [0.25, 0.3) is 10.8 Å². The van der Waals surface area contributed by atoms with Crippen molar-refractivity contribution in [3.8, 4) is 0 Å². The van der Waals surface area contributed by atoms with Crippen LogP contribution >= 0.6 is 11.3 Å². The van der Waals surface area contributed by atoms with Gasteiger partial charge in [-0.15, -0.1) is 0 Å². The molecule has 1 N–H and O–H groups in total. The summed E-state index contributed by atoms with van der Waals surface area (Å²) in [5.41, 5.74) is 2.04. The van der Waals surface area contributed by atoms with Crippen LogP contribution in [0.2, 0.25) is 0 Å². The van der Waals surface area contributed by atoms with Gasteiger partial charge in [0.1, 0.15) is 0 Å². The molecule has 2 aromatic carbocycles. The fourth-order valence-electron chi connectivity index (χ4n) is 3.76. The van der Waals surface area contributed by atoms with Crippen LogP contribution in [0.5, 0.6) is 0 Å². The number of amides is 1. The highest BCUT2D eigenvalue weighted by molar-refractivity contribution is 7.08. The van der Waals surface area contributed by atoms with Gasteiger partial charge in [0.15, 0.2) is 0 Å². The van der Waals surface area contributed by atoms with Gasteiger partial charge in [0, 0.05) is 38.3 Å². The highest BCUT2D eigenvalue weighted by Gasteiger charge is 2.25. The highest BCUT2D eigenvalue weighted by atomic mass is 32.1. The van der Waals surface area contributed by atoms with Crippen molar-refractivity contribution in [1.82, 2.24) is 15.1 Å². The second-order valence-electron chi connectivity index (χ2n) is 7.15. The highest BCUT2D eigenvalue weighted by Crippen LogP contribution is 2.24. The molecule has 0 saturated carbocycles. The third-order valence-electron chi connectivity index (χ3n) is 5.40. The molecule has 1 aromatic heterocycles. The van der Waals surface area contributed by atoms with Gasteiger partial charge in [-0.2, -0.15) is 11.3 Å². The summed E-state index contributed by atoms with van der Waals surface area (Å²) in [5.74, 6) is 0.00107. The Bertz CT molecular complexity index is 896. The Morgan fingerprint density at radius 3 is 2.63 bits per heavy atom. The van der Waals surface area contributed by atoms with Gasteiger partial charge in [-0.3, -0.25) is 9.69 Å². The minimum Gasteiger partial charge on any atom is -0.350 e. The zero-order valence-electron chi connectivity index (χ0n) is 15.6. The van der Waals surface area contributed by atoms with E-state index in [4.69, 9.17) is 0 Å². The molecule has 0 bridgehead atoms. The van der Waals surface area contributed by atoms with E-state index >= 15 is 0 Å². The van der Waals surface area contributed by atoms with E-state index < -0.39 is 0 Å². The number of benzene rings is 2. The third-order valence-corrected chi connectivity index (χ3v) is 6.10. The van der Waals surface area contributed by atoms with Crippen molar-refractivity contribution < 1.29 is 4.79 Å². The van der Waals surface area contributed by atoms with E-state index in [0.717, 1.165) is 42.5 Å². The van der Waals surface area contributed by atoms with E-state index in [0.29, 0.717) is 6.54 Å². The molecule has 1 saturated heterocycles. The van der Waals surface area contributed by atoms with Gasteiger partial charge in [0.05, 0.1) is 6.04 Å². The molecule has 5 heteroatoms. The summed E-state index contributed by atoms with van der Waals surface area (Å²) in [5, 5.41) is 9.62. The first-order valence-electron chi connectivity index (χ1n) is 9.43. The minimum absolute atomic E-state index is 0.00107. The number of rotatable bonds is 5. The average molecular weight is 380 g/mol. The number of nitrogens with one attached hydrogen (secondary N) is 1. The quantitative estimate of drug-likeness (QED) is 0.735. The lowest BCUT2D eigenvalue weighted by Gasteiger charge is -2.38. The van der Waals surface area contributed by atoms with E-state index in [9.17, 15) is 4.79 Å².